The number of nitrogens with two attached hydrogens (primary N) is 1. The van der Waals surface area contributed by atoms with Gasteiger partial charge in [0.25, 0.3) is 0 Å². The zero-order valence-corrected chi connectivity index (χ0v) is 16.4. The summed E-state index contributed by atoms with van der Waals surface area (Å²) in [5.41, 5.74) is 5.39. The average molecular weight is 552 g/mol. The normalized spacial score (nSPS) is 10.6. The SMILES string of the molecule is CS(=O)(=O)Nc1ccc(I)cc1F.Nc1ccc(I)cc1F. The van der Waals surface area contributed by atoms with Crippen LogP contribution in [-0.4, -0.2) is 14.7 Å². The fourth-order valence-electron chi connectivity index (χ4n) is 1.27. The van der Waals surface area contributed by atoms with Crippen molar-refractivity contribution < 1.29 is 17.2 Å². The molecule has 120 valence electrons. The van der Waals surface area contributed by atoms with Crippen molar-refractivity contribution in [3.8, 4) is 0 Å². The molecule has 0 radical (unpaired) electrons. The Balaban J connectivity index is 0.000000235. The van der Waals surface area contributed by atoms with Crippen LogP contribution in [0.3, 0.4) is 0 Å². The van der Waals surface area contributed by atoms with Crippen molar-refractivity contribution in [2.24, 2.45) is 0 Å². The first-order chi connectivity index (χ1) is 10.1. The molecule has 0 fully saturated rings. The first-order valence-electron chi connectivity index (χ1n) is 5.72. The van der Waals surface area contributed by atoms with Gasteiger partial charge in [0, 0.05) is 7.14 Å². The third-order valence-corrected chi connectivity index (χ3v) is 4.12. The predicted molar refractivity (Wildman–Crippen MR) is 101 cm³/mol. The molecule has 0 unspecified atom stereocenters. The summed E-state index contributed by atoms with van der Waals surface area (Å²) in [4.78, 5) is 0. The minimum Gasteiger partial charge on any atom is -0.396 e. The van der Waals surface area contributed by atoms with E-state index in [1.165, 1.54) is 18.2 Å². The van der Waals surface area contributed by atoms with Gasteiger partial charge in [-0.05, 0) is 81.6 Å². The third-order valence-electron chi connectivity index (χ3n) is 2.19. The highest BCUT2D eigenvalue weighted by atomic mass is 127. The van der Waals surface area contributed by atoms with E-state index in [1.807, 2.05) is 45.2 Å². The van der Waals surface area contributed by atoms with Crippen LogP contribution in [0.25, 0.3) is 0 Å². The van der Waals surface area contributed by atoms with Crippen molar-refractivity contribution >= 4 is 66.6 Å². The molecule has 22 heavy (non-hydrogen) atoms. The first-order valence-corrected chi connectivity index (χ1v) is 9.77. The van der Waals surface area contributed by atoms with Crippen molar-refractivity contribution in [1.82, 2.24) is 0 Å². The lowest BCUT2D eigenvalue weighted by atomic mass is 10.3. The Morgan fingerprint density at radius 3 is 1.91 bits per heavy atom. The molecule has 2 aromatic rings. The monoisotopic (exact) mass is 552 g/mol. The summed E-state index contributed by atoms with van der Waals surface area (Å²) in [5.74, 6) is -0.917. The van der Waals surface area contributed by atoms with E-state index in [9.17, 15) is 17.2 Å². The number of hydrogen-bond acceptors (Lipinski definition) is 3. The minimum absolute atomic E-state index is 0.0251. The van der Waals surface area contributed by atoms with Gasteiger partial charge in [0.1, 0.15) is 11.6 Å². The van der Waals surface area contributed by atoms with Crippen molar-refractivity contribution in [2.75, 3.05) is 16.7 Å². The Labute approximate surface area is 154 Å². The van der Waals surface area contributed by atoms with Gasteiger partial charge in [-0.2, -0.15) is 0 Å². The maximum Gasteiger partial charge on any atom is 0.229 e. The molecular formula is C13H12F2I2N2O2S. The smallest absolute Gasteiger partial charge is 0.229 e. The summed E-state index contributed by atoms with van der Waals surface area (Å²) in [6, 6.07) is 8.98. The standard InChI is InChI=1S/C7H7FINO2S.C6H5FIN/c1-13(11,12)10-7-3-2-5(9)4-6(7)8;7-5-3-4(8)1-2-6(5)9/h2-4,10H,1H3;1-3H,9H2. The van der Waals surface area contributed by atoms with E-state index in [2.05, 4.69) is 4.72 Å². The van der Waals surface area contributed by atoms with E-state index in [0.717, 1.165) is 9.83 Å². The third kappa shape index (κ3) is 7.05. The lowest BCUT2D eigenvalue weighted by Crippen LogP contribution is -2.10. The van der Waals surface area contributed by atoms with Gasteiger partial charge in [-0.25, -0.2) is 17.2 Å². The van der Waals surface area contributed by atoms with Crippen LogP contribution in [0.2, 0.25) is 0 Å². The summed E-state index contributed by atoms with van der Waals surface area (Å²) in [6.07, 6.45) is 0.977. The van der Waals surface area contributed by atoms with Gasteiger partial charge >= 0.3 is 0 Å². The molecule has 0 spiro atoms. The van der Waals surface area contributed by atoms with Crippen molar-refractivity contribution in [3.63, 3.8) is 0 Å². The fraction of sp³-hybridized carbons (Fsp3) is 0.0769. The number of anilines is 2. The molecular weight excluding hydrogens is 540 g/mol. The molecule has 0 aliphatic heterocycles. The van der Waals surface area contributed by atoms with Gasteiger partial charge in [0.2, 0.25) is 10.0 Å². The molecule has 3 N–H and O–H groups in total. The topological polar surface area (TPSA) is 72.2 Å². The van der Waals surface area contributed by atoms with Crippen molar-refractivity contribution in [1.29, 1.82) is 0 Å². The van der Waals surface area contributed by atoms with Gasteiger partial charge in [-0.3, -0.25) is 4.72 Å². The van der Waals surface area contributed by atoms with E-state index in [-0.39, 0.29) is 17.2 Å². The Bertz CT molecular complexity index is 771. The van der Waals surface area contributed by atoms with E-state index < -0.39 is 15.8 Å². The first kappa shape index (κ1) is 19.4. The van der Waals surface area contributed by atoms with Gasteiger partial charge in [-0.1, -0.05) is 0 Å². The highest BCUT2D eigenvalue weighted by Crippen LogP contribution is 2.17. The number of halogens is 4. The highest BCUT2D eigenvalue weighted by Gasteiger charge is 2.06. The lowest BCUT2D eigenvalue weighted by Gasteiger charge is -2.04. The number of sulfonamides is 1. The summed E-state index contributed by atoms with van der Waals surface area (Å²) >= 11 is 3.97. The second kappa shape index (κ2) is 8.24. The van der Waals surface area contributed by atoms with Crippen LogP contribution in [-0.2, 0) is 10.0 Å². The van der Waals surface area contributed by atoms with E-state index in [1.54, 1.807) is 18.2 Å². The maximum absolute atomic E-state index is 13.0. The zero-order valence-electron chi connectivity index (χ0n) is 11.3. The summed E-state index contributed by atoms with van der Waals surface area (Å²) in [5, 5.41) is 0. The van der Waals surface area contributed by atoms with Crippen LogP contribution in [0.4, 0.5) is 20.2 Å². The molecule has 0 heterocycles. The van der Waals surface area contributed by atoms with Crippen LogP contribution in [0.1, 0.15) is 0 Å². The van der Waals surface area contributed by atoms with Crippen LogP contribution < -0.4 is 10.5 Å². The average Bonchev–Trinajstić information content (AvgIpc) is 2.37. The number of benzene rings is 2. The molecule has 9 heteroatoms. The fourth-order valence-corrected chi connectivity index (χ4v) is 2.74. The van der Waals surface area contributed by atoms with Crippen LogP contribution in [0.15, 0.2) is 36.4 Å². The molecule has 2 aromatic carbocycles. The van der Waals surface area contributed by atoms with E-state index >= 15 is 0 Å². The molecule has 0 atom stereocenters. The van der Waals surface area contributed by atoms with Gasteiger partial charge in [-0.15, -0.1) is 0 Å². The van der Waals surface area contributed by atoms with Crippen molar-refractivity contribution in [3.05, 3.63) is 55.2 Å². The number of rotatable bonds is 2. The Morgan fingerprint density at radius 2 is 1.50 bits per heavy atom. The second-order valence-electron chi connectivity index (χ2n) is 4.16. The van der Waals surface area contributed by atoms with Crippen LogP contribution in [0, 0.1) is 18.8 Å². The molecule has 2 rings (SSSR count). The Kier molecular flexibility index (Phi) is 7.25. The highest BCUT2D eigenvalue weighted by molar-refractivity contribution is 14.1. The predicted octanol–water partition coefficient (Wildman–Crippen LogP) is 3.81. The molecule has 0 aliphatic rings. The number of hydrogen-bond donors (Lipinski definition) is 2. The molecule has 0 saturated heterocycles. The maximum atomic E-state index is 13.0. The van der Waals surface area contributed by atoms with Gasteiger partial charge in [0.15, 0.2) is 0 Å². The molecule has 0 aromatic heterocycles. The zero-order chi connectivity index (χ0) is 16.9. The van der Waals surface area contributed by atoms with Crippen molar-refractivity contribution in [2.45, 2.75) is 0 Å². The quantitative estimate of drug-likeness (QED) is 0.440. The molecule has 0 aliphatic carbocycles. The summed E-state index contributed by atoms with van der Waals surface area (Å²) < 4.78 is 50.7. The Hall–Kier alpha value is -0.690. The number of nitrogen functional groups attached to an aromatic ring is 1. The van der Waals surface area contributed by atoms with E-state index in [4.69, 9.17) is 5.73 Å². The molecule has 0 bridgehead atoms. The van der Waals surface area contributed by atoms with Gasteiger partial charge in [0.05, 0.1) is 17.6 Å². The Morgan fingerprint density at radius 1 is 1.00 bits per heavy atom. The van der Waals surface area contributed by atoms with Crippen LogP contribution >= 0.6 is 45.2 Å². The summed E-state index contributed by atoms with van der Waals surface area (Å²) in [6.45, 7) is 0. The second-order valence-corrected chi connectivity index (χ2v) is 8.40. The minimum atomic E-state index is -3.40. The molecule has 4 nitrogen and oxygen atoms in total. The molecule has 0 amide bonds. The summed E-state index contributed by atoms with van der Waals surface area (Å²) in [7, 11) is -3.40. The van der Waals surface area contributed by atoms with E-state index in [0.29, 0.717) is 3.57 Å². The van der Waals surface area contributed by atoms with Crippen LogP contribution in [0.5, 0.6) is 0 Å². The molecule has 0 saturated carbocycles. The largest absolute Gasteiger partial charge is 0.396 e. The number of nitrogens with one attached hydrogen (secondary N) is 1. The van der Waals surface area contributed by atoms with Gasteiger partial charge < -0.3 is 5.73 Å². The lowest BCUT2D eigenvalue weighted by molar-refractivity contribution is 0.603.